The van der Waals surface area contributed by atoms with Crippen LogP contribution in [-0.2, 0) is 13.0 Å². The molecule has 2 aromatic heterocycles. The Balaban J connectivity index is 1.18. The van der Waals surface area contributed by atoms with Crippen molar-refractivity contribution in [2.75, 3.05) is 42.9 Å². The number of aryl methyl sites for hydroxylation is 2. The van der Waals surface area contributed by atoms with E-state index in [1.807, 2.05) is 30.0 Å². The Morgan fingerprint density at radius 2 is 1.70 bits per heavy atom. The molecule has 4 aromatic rings. The van der Waals surface area contributed by atoms with Gasteiger partial charge in [-0.15, -0.1) is 0 Å². The molecule has 46 heavy (non-hydrogen) atoms. The van der Waals surface area contributed by atoms with Crippen LogP contribution in [0, 0.1) is 18.6 Å². The third kappa shape index (κ3) is 7.26. The van der Waals surface area contributed by atoms with Crippen molar-refractivity contribution in [3.8, 4) is 5.69 Å². The number of nitrogens with zero attached hydrogens (tertiary/aromatic N) is 4. The smallest absolute Gasteiger partial charge is 0.341 e. The van der Waals surface area contributed by atoms with Crippen molar-refractivity contribution >= 4 is 23.3 Å². The van der Waals surface area contributed by atoms with Gasteiger partial charge < -0.3 is 15.3 Å². The second-order valence-electron chi connectivity index (χ2n) is 11.3. The average molecular weight is 635 g/mol. The van der Waals surface area contributed by atoms with E-state index in [2.05, 4.69) is 22.1 Å². The molecule has 0 spiro atoms. The predicted molar refractivity (Wildman–Crippen MR) is 172 cm³/mol. The molecule has 0 saturated carbocycles. The summed E-state index contributed by atoms with van der Waals surface area (Å²) in [5, 5.41) is 12.6. The van der Waals surface area contributed by atoms with Gasteiger partial charge >= 0.3 is 11.7 Å². The molecule has 0 unspecified atom stereocenters. The van der Waals surface area contributed by atoms with Gasteiger partial charge in [-0.1, -0.05) is 13.0 Å². The van der Waals surface area contributed by atoms with E-state index in [-0.39, 0.29) is 17.8 Å². The maximum absolute atomic E-state index is 14.7. The molecule has 0 radical (unpaired) electrons. The van der Waals surface area contributed by atoms with Crippen LogP contribution in [0.4, 0.5) is 26.1 Å². The number of pyridine rings is 1. The zero-order chi connectivity index (χ0) is 33.0. The van der Waals surface area contributed by atoms with Gasteiger partial charge in [0.05, 0.1) is 5.69 Å². The number of aromatic amines is 1. The number of hydrogen-bond acceptors (Lipinski definition) is 7. The number of piperazine rings is 1. The Bertz CT molecular complexity index is 1900. The summed E-state index contributed by atoms with van der Waals surface area (Å²) in [4.78, 5) is 56.4. The number of anilines is 3. The van der Waals surface area contributed by atoms with Gasteiger partial charge in [0, 0.05) is 62.8 Å². The molecular formula is C33H36F2N6O5. The summed E-state index contributed by atoms with van der Waals surface area (Å²) in [6.07, 6.45) is 3.28. The van der Waals surface area contributed by atoms with Gasteiger partial charge in [0.25, 0.3) is 5.56 Å². The van der Waals surface area contributed by atoms with Crippen molar-refractivity contribution in [2.45, 2.75) is 39.7 Å². The highest BCUT2D eigenvalue weighted by Crippen LogP contribution is 2.24. The van der Waals surface area contributed by atoms with Gasteiger partial charge in [0.15, 0.2) is 5.43 Å². The topological polar surface area (TPSA) is 133 Å². The number of hydrogen-bond donors (Lipinski definition) is 3. The van der Waals surface area contributed by atoms with Gasteiger partial charge in [-0.3, -0.25) is 28.6 Å². The first-order valence-corrected chi connectivity index (χ1v) is 15.2. The van der Waals surface area contributed by atoms with Crippen LogP contribution in [0.3, 0.4) is 0 Å². The van der Waals surface area contributed by atoms with Crippen LogP contribution in [0.2, 0.25) is 0 Å². The summed E-state index contributed by atoms with van der Waals surface area (Å²) < 4.78 is 30.7. The molecule has 13 heteroatoms. The van der Waals surface area contributed by atoms with Gasteiger partial charge in [0.2, 0.25) is 0 Å². The number of rotatable bonds is 11. The summed E-state index contributed by atoms with van der Waals surface area (Å²) in [5.41, 5.74) is 0.969. The quantitative estimate of drug-likeness (QED) is 0.212. The molecule has 1 aliphatic heterocycles. The Morgan fingerprint density at radius 3 is 2.37 bits per heavy atom. The van der Waals surface area contributed by atoms with Crippen LogP contribution in [-0.4, -0.2) is 62.8 Å². The molecule has 1 fully saturated rings. The minimum absolute atomic E-state index is 0.0730. The van der Waals surface area contributed by atoms with E-state index >= 15 is 0 Å². The lowest BCUT2D eigenvalue weighted by Gasteiger charge is -2.37. The first kappa shape index (κ1) is 32.4. The van der Waals surface area contributed by atoms with Crippen molar-refractivity contribution < 1.29 is 18.7 Å². The van der Waals surface area contributed by atoms with E-state index in [1.54, 1.807) is 0 Å². The van der Waals surface area contributed by atoms with E-state index in [0.717, 1.165) is 30.8 Å². The van der Waals surface area contributed by atoms with Crippen molar-refractivity contribution in [3.05, 3.63) is 114 Å². The minimum atomic E-state index is -1.44. The zero-order valence-corrected chi connectivity index (χ0v) is 25.7. The number of nitrogens with one attached hydrogen (secondary N) is 2. The first-order chi connectivity index (χ1) is 22.0. The lowest BCUT2D eigenvalue weighted by Crippen LogP contribution is -2.47. The van der Waals surface area contributed by atoms with E-state index in [1.165, 1.54) is 38.5 Å². The SMILES string of the molecule is CCc1cc(Nc2cc(=O)n(CCCCN3CCN(c4cc(=O)c(C(=O)O)cn4-c4ccc(F)cc4F)CC3)c(=O)[nH]2)ccc1C. The van der Waals surface area contributed by atoms with E-state index in [4.69, 9.17) is 0 Å². The molecule has 1 aliphatic rings. The predicted octanol–water partition coefficient (Wildman–Crippen LogP) is 3.88. The number of H-pyrrole nitrogens is 1. The average Bonchev–Trinajstić information content (AvgIpc) is 3.01. The number of aromatic carboxylic acids is 1. The number of carboxylic acids is 1. The number of aromatic nitrogens is 3. The third-order valence-electron chi connectivity index (χ3n) is 8.26. The Morgan fingerprint density at radius 1 is 0.957 bits per heavy atom. The first-order valence-electron chi connectivity index (χ1n) is 15.2. The molecule has 3 heterocycles. The molecule has 242 valence electrons. The second kappa shape index (κ2) is 13.9. The summed E-state index contributed by atoms with van der Waals surface area (Å²) in [7, 11) is 0. The summed E-state index contributed by atoms with van der Waals surface area (Å²) in [6, 6.07) is 11.4. The Hall–Kier alpha value is -5.04. The highest BCUT2D eigenvalue weighted by atomic mass is 19.1. The highest BCUT2D eigenvalue weighted by Gasteiger charge is 2.23. The summed E-state index contributed by atoms with van der Waals surface area (Å²) in [6.45, 7) is 7.26. The Labute approximate surface area is 263 Å². The standard InChI is InChI=1S/C33H36F2N6O5/c1-3-22-16-24(8-6-21(22)2)36-29-19-31(43)40(33(46)37-29)11-5-4-10-38-12-14-39(15-13-38)30-18-28(42)25(32(44)45)20-41(30)27-9-7-23(34)17-26(27)35/h6-9,16-20,36H,3-5,10-15H2,1-2H3,(H,37,46)(H,44,45). The maximum Gasteiger partial charge on any atom is 0.341 e. The molecule has 0 amide bonds. The second-order valence-corrected chi connectivity index (χ2v) is 11.3. The normalized spacial score (nSPS) is 13.6. The van der Waals surface area contributed by atoms with Crippen molar-refractivity contribution in [1.82, 2.24) is 19.0 Å². The molecule has 1 saturated heterocycles. The van der Waals surface area contributed by atoms with Crippen LogP contribution < -0.4 is 26.9 Å². The molecule has 11 nitrogen and oxygen atoms in total. The highest BCUT2D eigenvalue weighted by molar-refractivity contribution is 5.87. The van der Waals surface area contributed by atoms with Gasteiger partial charge in [-0.25, -0.2) is 18.4 Å². The number of carbonyl (C=O) groups is 1. The van der Waals surface area contributed by atoms with E-state index < -0.39 is 34.3 Å². The maximum atomic E-state index is 14.7. The van der Waals surface area contributed by atoms with E-state index in [0.29, 0.717) is 56.8 Å². The fraction of sp³-hybridized carbons (Fsp3) is 0.333. The zero-order valence-electron chi connectivity index (χ0n) is 25.7. The molecular weight excluding hydrogens is 598 g/mol. The van der Waals surface area contributed by atoms with Crippen molar-refractivity contribution in [2.24, 2.45) is 0 Å². The monoisotopic (exact) mass is 634 g/mol. The molecule has 0 bridgehead atoms. The van der Waals surface area contributed by atoms with Gasteiger partial charge in [-0.05, 0) is 68.1 Å². The molecule has 0 aliphatic carbocycles. The van der Waals surface area contributed by atoms with Crippen molar-refractivity contribution in [1.29, 1.82) is 0 Å². The van der Waals surface area contributed by atoms with Crippen LogP contribution in [0.25, 0.3) is 5.69 Å². The fourth-order valence-corrected chi connectivity index (χ4v) is 5.69. The Kier molecular flexibility index (Phi) is 9.81. The number of carboxylic acid groups (broad SMARTS) is 1. The van der Waals surface area contributed by atoms with Crippen molar-refractivity contribution in [3.63, 3.8) is 0 Å². The molecule has 5 rings (SSSR count). The van der Waals surface area contributed by atoms with Gasteiger partial charge in [-0.2, -0.15) is 0 Å². The minimum Gasteiger partial charge on any atom is -0.477 e. The number of unbranched alkanes of at least 4 members (excludes halogenated alkanes) is 1. The van der Waals surface area contributed by atoms with Gasteiger partial charge in [0.1, 0.15) is 28.8 Å². The van der Waals surface area contributed by atoms with E-state index in [9.17, 15) is 33.1 Å². The number of benzene rings is 2. The van der Waals surface area contributed by atoms with Crippen LogP contribution in [0.5, 0.6) is 0 Å². The molecule has 0 atom stereocenters. The lowest BCUT2D eigenvalue weighted by molar-refractivity contribution is 0.0694. The largest absolute Gasteiger partial charge is 0.477 e. The summed E-state index contributed by atoms with van der Waals surface area (Å²) >= 11 is 0. The van der Waals surface area contributed by atoms with Crippen LogP contribution in [0.15, 0.2) is 69.1 Å². The number of halogens is 2. The summed E-state index contributed by atoms with van der Waals surface area (Å²) in [5.74, 6) is -2.46. The lowest BCUT2D eigenvalue weighted by atomic mass is 10.1. The van der Waals surface area contributed by atoms with Crippen LogP contribution >= 0.6 is 0 Å². The molecule has 2 aromatic carbocycles. The van der Waals surface area contributed by atoms with Crippen LogP contribution in [0.1, 0.15) is 41.3 Å². The third-order valence-corrected chi connectivity index (χ3v) is 8.26. The molecule has 3 N–H and O–H groups in total. The fourth-order valence-electron chi connectivity index (χ4n) is 5.69.